The van der Waals surface area contributed by atoms with E-state index in [1.807, 2.05) is 13.8 Å². The Morgan fingerprint density at radius 1 is 1.13 bits per heavy atom. The van der Waals surface area contributed by atoms with Gasteiger partial charge in [-0.3, -0.25) is 4.79 Å². The summed E-state index contributed by atoms with van der Waals surface area (Å²) in [4.78, 5) is 27.2. The maximum Gasteiger partial charge on any atom is 0.323 e. The second-order valence-corrected chi connectivity index (χ2v) is 7.74. The molecule has 0 aromatic heterocycles. The van der Waals surface area contributed by atoms with Crippen molar-refractivity contribution in [2.45, 2.75) is 13.8 Å². The highest BCUT2D eigenvalue weighted by Crippen LogP contribution is 2.38. The summed E-state index contributed by atoms with van der Waals surface area (Å²) in [5.74, 6) is 1.61. The molecular weight excluding hydrogens is 398 g/mol. The van der Waals surface area contributed by atoms with Crippen LogP contribution in [0.15, 0.2) is 49.1 Å². The normalized spacial score (nSPS) is 14.6. The number of rotatable bonds is 6. The number of carbonyl (C=O) groups excluding carboxylic acids is 2. The van der Waals surface area contributed by atoms with Gasteiger partial charge in [-0.2, -0.15) is 0 Å². The number of methoxy groups -OCH3 is 2. The number of amides is 3. The third-order valence-electron chi connectivity index (χ3n) is 4.84. The predicted octanol–water partition coefficient (Wildman–Crippen LogP) is 4.29. The largest absolute Gasteiger partial charge is 0.497 e. The molecule has 0 bridgehead atoms. The highest BCUT2D eigenvalue weighted by molar-refractivity contribution is 6.03. The molecule has 0 saturated carbocycles. The zero-order valence-electron chi connectivity index (χ0n) is 18.2. The Kier molecular flexibility index (Phi) is 6.39. The lowest BCUT2D eigenvalue weighted by Crippen LogP contribution is -2.42. The van der Waals surface area contributed by atoms with Crippen LogP contribution in [0.5, 0.6) is 17.2 Å². The van der Waals surface area contributed by atoms with Gasteiger partial charge in [0, 0.05) is 36.1 Å². The quantitative estimate of drug-likeness (QED) is 0.674. The fraction of sp³-hybridized carbons (Fsp3) is 0.304. The first-order valence-corrected chi connectivity index (χ1v) is 9.78. The van der Waals surface area contributed by atoms with Crippen LogP contribution >= 0.6 is 0 Å². The third kappa shape index (κ3) is 4.91. The fourth-order valence-electron chi connectivity index (χ4n) is 3.21. The Hall–Kier alpha value is -3.68. The minimum Gasteiger partial charge on any atom is -0.497 e. The van der Waals surface area contributed by atoms with Crippen molar-refractivity contribution in [3.63, 3.8) is 0 Å². The van der Waals surface area contributed by atoms with Gasteiger partial charge in [-0.25, -0.2) is 4.79 Å². The number of hydrogen-bond acceptors (Lipinski definition) is 5. The molecular formula is C23H27N3O5. The summed E-state index contributed by atoms with van der Waals surface area (Å²) in [6.45, 7) is 8.02. The minimum atomic E-state index is -0.682. The molecule has 0 spiro atoms. The van der Waals surface area contributed by atoms with Crippen molar-refractivity contribution in [1.29, 1.82) is 0 Å². The standard InChI is InChI=1S/C23H27N3O5/c1-6-9-26-19-12-15(7-8-20(19)31-14-23(2,3)21(26)27)24-22(28)25-16-10-17(29-4)13-18(11-16)30-5/h6-8,10-13H,1,9,14H2,2-5H3,(H2,24,25,28). The fourth-order valence-corrected chi connectivity index (χ4v) is 3.21. The van der Waals surface area contributed by atoms with E-state index < -0.39 is 11.4 Å². The van der Waals surface area contributed by atoms with E-state index >= 15 is 0 Å². The van der Waals surface area contributed by atoms with E-state index in [1.165, 1.54) is 14.2 Å². The van der Waals surface area contributed by atoms with E-state index in [0.717, 1.165) is 0 Å². The van der Waals surface area contributed by atoms with Crippen LogP contribution in [0.1, 0.15) is 13.8 Å². The molecule has 0 aliphatic carbocycles. The molecule has 2 N–H and O–H groups in total. The first-order valence-electron chi connectivity index (χ1n) is 9.78. The highest BCUT2D eigenvalue weighted by atomic mass is 16.5. The number of urea groups is 1. The van der Waals surface area contributed by atoms with Crippen LogP contribution in [-0.2, 0) is 4.79 Å². The second-order valence-electron chi connectivity index (χ2n) is 7.74. The number of carbonyl (C=O) groups is 2. The van der Waals surface area contributed by atoms with Crippen molar-refractivity contribution >= 4 is 29.0 Å². The molecule has 0 saturated heterocycles. The number of nitrogens with one attached hydrogen (secondary N) is 2. The van der Waals surface area contributed by atoms with Gasteiger partial charge in [-0.1, -0.05) is 6.08 Å². The summed E-state index contributed by atoms with van der Waals surface area (Å²) in [7, 11) is 3.07. The third-order valence-corrected chi connectivity index (χ3v) is 4.84. The van der Waals surface area contributed by atoms with Gasteiger partial charge in [0.25, 0.3) is 0 Å². The van der Waals surface area contributed by atoms with Crippen LogP contribution in [-0.4, -0.2) is 39.3 Å². The lowest BCUT2D eigenvalue weighted by molar-refractivity contribution is -0.127. The van der Waals surface area contributed by atoms with E-state index in [2.05, 4.69) is 17.2 Å². The van der Waals surface area contributed by atoms with Gasteiger partial charge in [0.2, 0.25) is 5.91 Å². The molecule has 1 heterocycles. The molecule has 3 rings (SSSR count). The summed E-state index contributed by atoms with van der Waals surface area (Å²) in [6.07, 6.45) is 1.66. The van der Waals surface area contributed by atoms with Gasteiger partial charge in [-0.15, -0.1) is 6.58 Å². The van der Waals surface area contributed by atoms with Crippen molar-refractivity contribution in [1.82, 2.24) is 0 Å². The molecule has 8 heteroatoms. The minimum absolute atomic E-state index is 0.0729. The molecule has 0 atom stereocenters. The molecule has 1 aliphatic heterocycles. The maximum atomic E-state index is 13.0. The van der Waals surface area contributed by atoms with Crippen molar-refractivity contribution in [2.75, 3.05) is 42.9 Å². The van der Waals surface area contributed by atoms with Crippen molar-refractivity contribution in [3.05, 3.63) is 49.1 Å². The first-order chi connectivity index (χ1) is 14.8. The number of anilines is 3. The number of benzene rings is 2. The van der Waals surface area contributed by atoms with Gasteiger partial charge >= 0.3 is 6.03 Å². The number of hydrogen-bond donors (Lipinski definition) is 2. The number of nitrogens with zero attached hydrogens (tertiary/aromatic N) is 1. The number of fused-ring (bicyclic) bond motifs is 1. The van der Waals surface area contributed by atoms with Gasteiger partial charge in [-0.05, 0) is 32.0 Å². The summed E-state index contributed by atoms with van der Waals surface area (Å²) in [5.41, 5.74) is 0.919. The molecule has 2 aromatic rings. The predicted molar refractivity (Wildman–Crippen MR) is 120 cm³/mol. The van der Waals surface area contributed by atoms with Crippen molar-refractivity contribution < 1.29 is 23.8 Å². The van der Waals surface area contributed by atoms with Gasteiger partial charge in [0.1, 0.15) is 23.9 Å². The Morgan fingerprint density at radius 3 is 2.39 bits per heavy atom. The Bertz CT molecular complexity index is 980. The highest BCUT2D eigenvalue weighted by Gasteiger charge is 2.37. The van der Waals surface area contributed by atoms with E-state index in [0.29, 0.717) is 40.9 Å². The smallest absolute Gasteiger partial charge is 0.323 e. The lowest BCUT2D eigenvalue weighted by Gasteiger charge is -2.27. The Morgan fingerprint density at radius 2 is 1.77 bits per heavy atom. The van der Waals surface area contributed by atoms with Crippen LogP contribution in [0.25, 0.3) is 0 Å². The van der Waals surface area contributed by atoms with Crippen LogP contribution in [0.2, 0.25) is 0 Å². The topological polar surface area (TPSA) is 89.1 Å². The van der Waals surface area contributed by atoms with Gasteiger partial charge in [0.15, 0.2) is 0 Å². The average molecular weight is 425 g/mol. The molecule has 8 nitrogen and oxygen atoms in total. The zero-order valence-corrected chi connectivity index (χ0v) is 18.2. The maximum absolute atomic E-state index is 13.0. The van der Waals surface area contributed by atoms with E-state index in [4.69, 9.17) is 14.2 Å². The van der Waals surface area contributed by atoms with Crippen LogP contribution in [0.4, 0.5) is 21.9 Å². The van der Waals surface area contributed by atoms with Crippen molar-refractivity contribution in [2.24, 2.45) is 5.41 Å². The molecule has 31 heavy (non-hydrogen) atoms. The van der Waals surface area contributed by atoms with Crippen LogP contribution < -0.4 is 29.7 Å². The molecule has 0 radical (unpaired) electrons. The SMILES string of the molecule is C=CCN1C(=O)C(C)(C)COc2ccc(NC(=O)Nc3cc(OC)cc(OC)c3)cc21. The van der Waals surface area contributed by atoms with Crippen molar-refractivity contribution in [3.8, 4) is 17.2 Å². The van der Waals surface area contributed by atoms with Crippen LogP contribution in [0, 0.1) is 5.41 Å². The van der Waals surface area contributed by atoms with Gasteiger partial charge < -0.3 is 29.7 Å². The first kappa shape index (κ1) is 22.0. The van der Waals surface area contributed by atoms with E-state index in [-0.39, 0.29) is 12.5 Å². The lowest BCUT2D eigenvalue weighted by atomic mass is 9.93. The summed E-state index contributed by atoms with van der Waals surface area (Å²) in [6, 6.07) is 9.79. The summed E-state index contributed by atoms with van der Waals surface area (Å²) in [5, 5.41) is 5.54. The molecule has 0 unspecified atom stereocenters. The van der Waals surface area contributed by atoms with Crippen LogP contribution in [0.3, 0.4) is 0 Å². The molecule has 0 fully saturated rings. The van der Waals surface area contributed by atoms with Gasteiger partial charge in [0.05, 0.1) is 25.3 Å². The molecule has 2 aromatic carbocycles. The Labute approximate surface area is 181 Å². The summed E-state index contributed by atoms with van der Waals surface area (Å²) >= 11 is 0. The monoisotopic (exact) mass is 425 g/mol. The molecule has 3 amide bonds. The second kappa shape index (κ2) is 8.99. The number of ether oxygens (including phenoxy) is 3. The van der Waals surface area contributed by atoms with E-state index in [1.54, 1.807) is 47.4 Å². The average Bonchev–Trinajstić information content (AvgIpc) is 2.83. The Balaban J connectivity index is 1.83. The molecule has 1 aliphatic rings. The molecule has 164 valence electrons. The summed E-state index contributed by atoms with van der Waals surface area (Å²) < 4.78 is 16.3. The zero-order chi connectivity index (χ0) is 22.6. The van der Waals surface area contributed by atoms with E-state index in [9.17, 15) is 9.59 Å².